The number of amides is 1. The molecule has 1 aromatic carbocycles. The molecule has 112 valence electrons. The van der Waals surface area contributed by atoms with Crippen LogP contribution in [0.5, 0.6) is 5.75 Å². The first-order valence-electron chi connectivity index (χ1n) is 5.80. The SMILES string of the molecule is CC(C)(C)CC(=O)NNS(=O)(=O)c1cc(O)cc(F)c1. The van der Waals surface area contributed by atoms with Crippen molar-refractivity contribution in [3.05, 3.63) is 24.0 Å². The number of phenolic OH excluding ortho intramolecular Hbond substituents is 1. The molecule has 0 bridgehead atoms. The van der Waals surface area contributed by atoms with Crippen LogP contribution in [-0.2, 0) is 14.8 Å². The lowest BCUT2D eigenvalue weighted by Crippen LogP contribution is -2.42. The third kappa shape index (κ3) is 5.14. The Morgan fingerprint density at radius 1 is 1.30 bits per heavy atom. The van der Waals surface area contributed by atoms with Crippen molar-refractivity contribution < 1.29 is 22.7 Å². The summed E-state index contributed by atoms with van der Waals surface area (Å²) in [7, 11) is -4.14. The number of hydrazine groups is 1. The van der Waals surface area contributed by atoms with Crippen molar-refractivity contribution in [1.29, 1.82) is 0 Å². The van der Waals surface area contributed by atoms with Gasteiger partial charge in [0.25, 0.3) is 10.0 Å². The number of hydrogen-bond acceptors (Lipinski definition) is 4. The van der Waals surface area contributed by atoms with E-state index in [0.29, 0.717) is 0 Å². The van der Waals surface area contributed by atoms with Crippen molar-refractivity contribution in [3.63, 3.8) is 0 Å². The number of aromatic hydroxyl groups is 1. The Bertz CT molecular complexity index is 588. The number of phenols is 1. The fourth-order valence-corrected chi connectivity index (χ4v) is 2.32. The molecule has 0 radical (unpaired) electrons. The zero-order valence-electron chi connectivity index (χ0n) is 11.4. The van der Waals surface area contributed by atoms with E-state index in [-0.39, 0.29) is 11.8 Å². The van der Waals surface area contributed by atoms with Crippen LogP contribution in [0.1, 0.15) is 27.2 Å². The van der Waals surface area contributed by atoms with Crippen molar-refractivity contribution in [1.82, 2.24) is 10.3 Å². The molecule has 0 atom stereocenters. The highest BCUT2D eigenvalue weighted by Crippen LogP contribution is 2.19. The van der Waals surface area contributed by atoms with Gasteiger partial charge >= 0.3 is 0 Å². The van der Waals surface area contributed by atoms with E-state index in [9.17, 15) is 17.6 Å². The summed E-state index contributed by atoms with van der Waals surface area (Å²) in [5.74, 6) is -1.93. The minimum absolute atomic E-state index is 0.115. The van der Waals surface area contributed by atoms with E-state index in [2.05, 4.69) is 0 Å². The van der Waals surface area contributed by atoms with E-state index < -0.39 is 32.4 Å². The Morgan fingerprint density at radius 2 is 1.90 bits per heavy atom. The monoisotopic (exact) mass is 304 g/mol. The molecule has 0 aliphatic carbocycles. The van der Waals surface area contributed by atoms with Crippen molar-refractivity contribution in [2.75, 3.05) is 0 Å². The molecule has 0 saturated carbocycles. The molecule has 8 heteroatoms. The van der Waals surface area contributed by atoms with Gasteiger partial charge in [-0.2, -0.15) is 0 Å². The number of halogens is 1. The summed E-state index contributed by atoms with van der Waals surface area (Å²) in [6.07, 6.45) is 0.115. The van der Waals surface area contributed by atoms with E-state index in [0.717, 1.165) is 18.2 Å². The largest absolute Gasteiger partial charge is 0.508 e. The van der Waals surface area contributed by atoms with E-state index in [1.165, 1.54) is 0 Å². The van der Waals surface area contributed by atoms with Gasteiger partial charge in [-0.15, -0.1) is 4.83 Å². The van der Waals surface area contributed by atoms with Gasteiger partial charge in [-0.25, -0.2) is 12.8 Å². The number of rotatable bonds is 4. The average Bonchev–Trinajstić information content (AvgIpc) is 2.23. The molecular formula is C12H17FN2O4S. The van der Waals surface area contributed by atoms with Crippen LogP contribution in [0.25, 0.3) is 0 Å². The first-order chi connectivity index (χ1) is 8.99. The second kappa shape index (κ2) is 5.76. The highest BCUT2D eigenvalue weighted by atomic mass is 32.2. The van der Waals surface area contributed by atoms with Crippen LogP contribution in [0, 0.1) is 11.2 Å². The van der Waals surface area contributed by atoms with Crippen LogP contribution in [0.15, 0.2) is 23.1 Å². The molecular weight excluding hydrogens is 287 g/mol. The second-order valence-electron chi connectivity index (χ2n) is 5.54. The molecule has 0 heterocycles. The number of nitrogens with one attached hydrogen (secondary N) is 2. The minimum Gasteiger partial charge on any atom is -0.508 e. The standard InChI is InChI=1S/C12H17FN2O4S/c1-12(2,3)7-11(17)14-15-20(18,19)10-5-8(13)4-9(16)6-10/h4-6,15-16H,7H2,1-3H3,(H,14,17). The zero-order valence-corrected chi connectivity index (χ0v) is 12.2. The van der Waals surface area contributed by atoms with E-state index >= 15 is 0 Å². The number of sulfonamides is 1. The predicted molar refractivity (Wildman–Crippen MR) is 70.6 cm³/mol. The van der Waals surface area contributed by atoms with E-state index in [4.69, 9.17) is 5.11 Å². The normalized spacial score (nSPS) is 12.2. The summed E-state index contributed by atoms with van der Waals surface area (Å²) in [5, 5.41) is 9.17. The fraction of sp³-hybridized carbons (Fsp3) is 0.417. The van der Waals surface area contributed by atoms with Gasteiger partial charge in [-0.3, -0.25) is 10.2 Å². The number of carbonyl (C=O) groups is 1. The molecule has 0 aliphatic heterocycles. The second-order valence-corrected chi connectivity index (χ2v) is 7.22. The van der Waals surface area contributed by atoms with Gasteiger partial charge in [0.2, 0.25) is 5.91 Å². The van der Waals surface area contributed by atoms with Crippen molar-refractivity contribution >= 4 is 15.9 Å². The quantitative estimate of drug-likeness (QED) is 0.730. The lowest BCUT2D eigenvalue weighted by Gasteiger charge is -2.17. The maximum atomic E-state index is 13.0. The van der Waals surface area contributed by atoms with Crippen molar-refractivity contribution in [2.24, 2.45) is 5.41 Å². The van der Waals surface area contributed by atoms with Gasteiger partial charge in [0.05, 0.1) is 4.90 Å². The van der Waals surface area contributed by atoms with Gasteiger partial charge in [-0.1, -0.05) is 20.8 Å². The van der Waals surface area contributed by atoms with Gasteiger partial charge in [0.1, 0.15) is 11.6 Å². The van der Waals surface area contributed by atoms with Crippen LogP contribution in [-0.4, -0.2) is 19.4 Å². The molecule has 1 aromatic rings. The molecule has 1 rings (SSSR count). The summed E-state index contributed by atoms with van der Waals surface area (Å²) < 4.78 is 36.6. The van der Waals surface area contributed by atoms with Crippen LogP contribution >= 0.6 is 0 Å². The molecule has 0 unspecified atom stereocenters. The smallest absolute Gasteiger partial charge is 0.257 e. The highest BCUT2D eigenvalue weighted by molar-refractivity contribution is 7.89. The summed E-state index contributed by atoms with van der Waals surface area (Å²) in [4.78, 5) is 12.9. The van der Waals surface area contributed by atoms with Crippen LogP contribution in [0.3, 0.4) is 0 Å². The molecule has 1 amide bonds. The Hall–Kier alpha value is -1.67. The molecule has 0 aliphatic rings. The topological polar surface area (TPSA) is 95.5 Å². The molecule has 0 spiro atoms. The first-order valence-corrected chi connectivity index (χ1v) is 7.28. The van der Waals surface area contributed by atoms with Gasteiger partial charge in [0, 0.05) is 18.6 Å². The van der Waals surface area contributed by atoms with Crippen LogP contribution in [0.2, 0.25) is 0 Å². The number of benzene rings is 1. The van der Waals surface area contributed by atoms with Crippen molar-refractivity contribution in [2.45, 2.75) is 32.1 Å². The molecule has 3 N–H and O–H groups in total. The maximum Gasteiger partial charge on any atom is 0.257 e. The van der Waals surface area contributed by atoms with Gasteiger partial charge in [0.15, 0.2) is 0 Å². The predicted octanol–water partition coefficient (Wildman–Crippen LogP) is 1.28. The molecule has 6 nitrogen and oxygen atoms in total. The minimum atomic E-state index is -4.14. The third-order valence-corrected chi connectivity index (χ3v) is 3.41. The summed E-state index contributed by atoms with van der Waals surface area (Å²) in [6.45, 7) is 5.48. The number of carbonyl (C=O) groups excluding carboxylic acids is 1. The van der Waals surface area contributed by atoms with Crippen molar-refractivity contribution in [3.8, 4) is 5.75 Å². The van der Waals surface area contributed by atoms with Gasteiger partial charge in [-0.05, 0) is 11.5 Å². The Morgan fingerprint density at radius 3 is 2.40 bits per heavy atom. The average molecular weight is 304 g/mol. The Balaban J connectivity index is 2.78. The Kier molecular flexibility index (Phi) is 4.72. The maximum absolute atomic E-state index is 13.0. The molecule has 0 fully saturated rings. The van der Waals surface area contributed by atoms with Crippen LogP contribution < -0.4 is 10.3 Å². The van der Waals surface area contributed by atoms with E-state index in [1.54, 1.807) is 0 Å². The molecule has 20 heavy (non-hydrogen) atoms. The third-order valence-electron chi connectivity index (χ3n) is 2.18. The fourth-order valence-electron chi connectivity index (χ4n) is 1.41. The summed E-state index contributed by atoms with van der Waals surface area (Å²) >= 11 is 0. The lowest BCUT2D eigenvalue weighted by molar-refractivity contribution is -0.123. The lowest BCUT2D eigenvalue weighted by atomic mass is 9.92. The Labute approximate surface area is 117 Å². The summed E-state index contributed by atoms with van der Waals surface area (Å²) in [5.41, 5.74) is 1.74. The highest BCUT2D eigenvalue weighted by Gasteiger charge is 2.20. The first kappa shape index (κ1) is 16.4. The summed E-state index contributed by atoms with van der Waals surface area (Å²) in [6, 6.07) is 2.39. The van der Waals surface area contributed by atoms with Gasteiger partial charge < -0.3 is 5.11 Å². The number of hydrogen-bond donors (Lipinski definition) is 3. The van der Waals surface area contributed by atoms with E-state index in [1.807, 2.05) is 31.0 Å². The molecule has 0 saturated heterocycles. The van der Waals surface area contributed by atoms with Crippen LogP contribution in [0.4, 0.5) is 4.39 Å². The molecule has 0 aromatic heterocycles. The zero-order chi connectivity index (χ0) is 15.6.